The first kappa shape index (κ1) is 28.3. The largest absolute Gasteiger partial charge is 0.494 e. The fourth-order valence-corrected chi connectivity index (χ4v) is 7.24. The molecule has 1 N–H and O–H groups in total. The van der Waals surface area contributed by atoms with E-state index in [1.807, 2.05) is 26.0 Å². The molecule has 1 fully saturated rings. The maximum Gasteiger partial charge on any atom is 0.251 e. The van der Waals surface area contributed by atoms with E-state index in [2.05, 4.69) is 21.2 Å². The first-order chi connectivity index (χ1) is 18.4. The van der Waals surface area contributed by atoms with Gasteiger partial charge in [-0.25, -0.2) is 13.4 Å². The molecule has 2 aromatic carbocycles. The molecule has 1 aliphatic rings. The summed E-state index contributed by atoms with van der Waals surface area (Å²) >= 11 is 1.68. The fourth-order valence-electron chi connectivity index (χ4n) is 4.58. The number of anilines is 1. The third-order valence-electron chi connectivity index (χ3n) is 6.65. The molecule has 1 saturated heterocycles. The van der Waals surface area contributed by atoms with E-state index in [0.717, 1.165) is 66.7 Å². The minimum atomic E-state index is -3.55. The van der Waals surface area contributed by atoms with Crippen LogP contribution in [0.1, 0.15) is 37.0 Å². The molecular formula is C27H37N5O4S2. The molecule has 38 heavy (non-hydrogen) atoms. The smallest absolute Gasteiger partial charge is 0.251 e. The third-order valence-corrected chi connectivity index (χ3v) is 9.64. The number of fused-ring (bicyclic) bond motifs is 1. The van der Waals surface area contributed by atoms with Crippen LogP contribution in [0, 0.1) is 0 Å². The molecule has 206 valence electrons. The first-order valence-corrected chi connectivity index (χ1v) is 15.4. The number of nitrogens with one attached hydrogen (secondary N) is 1. The Morgan fingerprint density at radius 1 is 1.05 bits per heavy atom. The predicted octanol–water partition coefficient (Wildman–Crippen LogP) is 3.67. The zero-order valence-electron chi connectivity index (χ0n) is 22.4. The third kappa shape index (κ3) is 6.45. The number of sulfonamides is 1. The molecule has 11 heteroatoms. The number of methoxy groups -OCH3 is 1. The summed E-state index contributed by atoms with van der Waals surface area (Å²) in [7, 11) is -1.89. The summed E-state index contributed by atoms with van der Waals surface area (Å²) in [5.41, 5.74) is 1.36. The van der Waals surface area contributed by atoms with E-state index >= 15 is 0 Å². The number of amides is 1. The molecule has 3 aromatic rings. The number of piperazine rings is 1. The molecule has 0 aliphatic carbocycles. The molecule has 0 radical (unpaired) electrons. The number of rotatable bonds is 12. The van der Waals surface area contributed by atoms with Crippen molar-refractivity contribution in [3.63, 3.8) is 0 Å². The van der Waals surface area contributed by atoms with Crippen molar-refractivity contribution in [2.45, 2.75) is 31.6 Å². The lowest BCUT2D eigenvalue weighted by molar-refractivity contribution is 0.0947. The topological polar surface area (TPSA) is 95.1 Å². The highest BCUT2D eigenvalue weighted by Crippen LogP contribution is 2.34. The van der Waals surface area contributed by atoms with Crippen LogP contribution in [-0.4, -0.2) is 88.0 Å². The summed E-state index contributed by atoms with van der Waals surface area (Å²) in [5, 5.41) is 3.97. The van der Waals surface area contributed by atoms with Crippen molar-refractivity contribution in [1.82, 2.24) is 19.5 Å². The molecule has 1 amide bonds. The number of carbonyl (C=O) groups excluding carboxylic acids is 1. The summed E-state index contributed by atoms with van der Waals surface area (Å²) in [6, 6.07) is 12.2. The lowest BCUT2D eigenvalue weighted by Crippen LogP contribution is -2.48. The van der Waals surface area contributed by atoms with Gasteiger partial charge in [-0.05, 0) is 49.2 Å². The second-order valence-electron chi connectivity index (χ2n) is 9.32. The van der Waals surface area contributed by atoms with Crippen LogP contribution in [0.25, 0.3) is 10.2 Å². The minimum Gasteiger partial charge on any atom is -0.494 e. The van der Waals surface area contributed by atoms with Gasteiger partial charge in [-0.1, -0.05) is 31.3 Å². The van der Waals surface area contributed by atoms with Crippen LogP contribution in [0.4, 0.5) is 5.13 Å². The Labute approximate surface area is 229 Å². The first-order valence-electron chi connectivity index (χ1n) is 13.2. The summed E-state index contributed by atoms with van der Waals surface area (Å²) < 4.78 is 33.9. The van der Waals surface area contributed by atoms with Gasteiger partial charge in [-0.15, -0.1) is 0 Å². The van der Waals surface area contributed by atoms with Crippen molar-refractivity contribution in [3.8, 4) is 5.75 Å². The van der Waals surface area contributed by atoms with Gasteiger partial charge < -0.3 is 15.0 Å². The van der Waals surface area contributed by atoms with Crippen molar-refractivity contribution >= 4 is 42.6 Å². The van der Waals surface area contributed by atoms with Crippen LogP contribution in [-0.2, 0) is 10.0 Å². The molecule has 2 heterocycles. The van der Waals surface area contributed by atoms with Crippen molar-refractivity contribution < 1.29 is 17.9 Å². The van der Waals surface area contributed by atoms with E-state index < -0.39 is 10.0 Å². The van der Waals surface area contributed by atoms with E-state index in [4.69, 9.17) is 9.72 Å². The van der Waals surface area contributed by atoms with Crippen molar-refractivity contribution in [2.24, 2.45) is 0 Å². The molecule has 9 nitrogen and oxygen atoms in total. The van der Waals surface area contributed by atoms with Gasteiger partial charge in [0.1, 0.15) is 11.3 Å². The van der Waals surface area contributed by atoms with E-state index in [-0.39, 0.29) is 10.8 Å². The Bertz CT molecular complexity index is 1310. The second-order valence-corrected chi connectivity index (χ2v) is 12.3. The number of hydrogen-bond acceptors (Lipinski definition) is 8. The highest BCUT2D eigenvalue weighted by Gasteiger charge is 2.24. The monoisotopic (exact) mass is 559 g/mol. The summed E-state index contributed by atoms with van der Waals surface area (Å²) in [6.07, 6.45) is 1.51. The highest BCUT2D eigenvalue weighted by atomic mass is 32.2. The molecule has 1 aliphatic heterocycles. The summed E-state index contributed by atoms with van der Waals surface area (Å²) in [6.45, 7) is 9.71. The summed E-state index contributed by atoms with van der Waals surface area (Å²) in [5.74, 6) is 0.598. The number of para-hydroxylation sites is 1. The van der Waals surface area contributed by atoms with Gasteiger partial charge in [-0.2, -0.15) is 4.31 Å². The van der Waals surface area contributed by atoms with Gasteiger partial charge in [-0.3, -0.25) is 9.69 Å². The molecule has 0 unspecified atom stereocenters. The summed E-state index contributed by atoms with van der Waals surface area (Å²) in [4.78, 5) is 22.3. The lowest BCUT2D eigenvalue weighted by atomic mass is 10.2. The molecule has 0 saturated carbocycles. The Balaban J connectivity index is 1.25. The zero-order valence-corrected chi connectivity index (χ0v) is 24.0. The van der Waals surface area contributed by atoms with E-state index in [1.165, 1.54) is 16.4 Å². The normalized spacial score (nSPS) is 14.8. The minimum absolute atomic E-state index is 0.199. The zero-order chi connectivity index (χ0) is 27.1. The lowest BCUT2D eigenvalue weighted by Gasteiger charge is -2.34. The second kappa shape index (κ2) is 12.9. The van der Waals surface area contributed by atoms with Crippen molar-refractivity contribution in [1.29, 1.82) is 0 Å². The molecule has 4 rings (SSSR count). The van der Waals surface area contributed by atoms with Crippen LogP contribution in [0.5, 0.6) is 5.75 Å². The maximum atomic E-state index is 12.9. The van der Waals surface area contributed by atoms with Gasteiger partial charge in [0.2, 0.25) is 10.0 Å². The predicted molar refractivity (Wildman–Crippen MR) is 153 cm³/mol. The number of aromatic nitrogens is 1. The van der Waals surface area contributed by atoms with Crippen LogP contribution in [0.2, 0.25) is 0 Å². The number of hydrogen-bond donors (Lipinski definition) is 1. The van der Waals surface area contributed by atoms with Crippen LogP contribution in [0.3, 0.4) is 0 Å². The molecule has 0 atom stereocenters. The van der Waals surface area contributed by atoms with Crippen molar-refractivity contribution in [2.75, 3.05) is 64.4 Å². The number of thiazole rings is 1. The Kier molecular flexibility index (Phi) is 9.59. The number of nitrogens with zero attached hydrogens (tertiary/aromatic N) is 4. The Hall–Kier alpha value is -2.73. The quantitative estimate of drug-likeness (QED) is 0.362. The number of carbonyl (C=O) groups is 1. The van der Waals surface area contributed by atoms with Crippen LogP contribution >= 0.6 is 11.3 Å². The van der Waals surface area contributed by atoms with Crippen molar-refractivity contribution in [3.05, 3.63) is 48.0 Å². The van der Waals surface area contributed by atoms with Crippen LogP contribution < -0.4 is 15.0 Å². The molecule has 0 bridgehead atoms. The van der Waals surface area contributed by atoms with Gasteiger partial charge >= 0.3 is 0 Å². The van der Waals surface area contributed by atoms with E-state index in [0.29, 0.717) is 25.2 Å². The van der Waals surface area contributed by atoms with Crippen LogP contribution in [0.15, 0.2) is 47.4 Å². The fraction of sp³-hybridized carbons (Fsp3) is 0.481. The van der Waals surface area contributed by atoms with Gasteiger partial charge in [0.25, 0.3) is 5.91 Å². The molecule has 0 spiro atoms. The van der Waals surface area contributed by atoms with Gasteiger partial charge in [0.05, 0.1) is 16.7 Å². The average Bonchev–Trinajstić information content (AvgIpc) is 3.38. The van der Waals surface area contributed by atoms with E-state index in [1.54, 1.807) is 30.6 Å². The standard InChI is InChI=1S/C27H37N5O4S2/c1-4-14-32(15-5-2)38(34,35)22-11-9-21(10-12-22)26(33)28-13-16-30-17-19-31(20-18-30)27-29-25-23(36-3)7-6-8-24(25)37-27/h6-12H,4-5,13-20H2,1-3H3,(H,28,33). The van der Waals surface area contributed by atoms with Gasteiger partial charge in [0, 0.05) is 57.9 Å². The number of benzene rings is 2. The Morgan fingerprint density at radius 3 is 2.37 bits per heavy atom. The van der Waals surface area contributed by atoms with Gasteiger partial charge in [0.15, 0.2) is 5.13 Å². The highest BCUT2D eigenvalue weighted by molar-refractivity contribution is 7.89. The molecule has 1 aromatic heterocycles. The van der Waals surface area contributed by atoms with E-state index in [9.17, 15) is 13.2 Å². The SMILES string of the molecule is CCCN(CCC)S(=O)(=O)c1ccc(C(=O)NCCN2CCN(c3nc4c(OC)cccc4s3)CC2)cc1. The Morgan fingerprint density at radius 2 is 1.74 bits per heavy atom. The molecular weight excluding hydrogens is 522 g/mol. The number of ether oxygens (including phenoxy) is 1. The maximum absolute atomic E-state index is 12.9. The average molecular weight is 560 g/mol.